The zero-order chi connectivity index (χ0) is 9.14. The van der Waals surface area contributed by atoms with E-state index < -0.39 is 16.8 Å². The molecule has 0 saturated carbocycles. The van der Waals surface area contributed by atoms with Crippen LogP contribution >= 0.6 is 0 Å². The number of rotatable bonds is 2. The Balaban J connectivity index is 3.01. The van der Waals surface area contributed by atoms with Crippen molar-refractivity contribution in [1.82, 2.24) is 0 Å². The lowest BCUT2D eigenvalue weighted by molar-refractivity contribution is 0.0697. The predicted octanol–water partition coefficient (Wildman–Crippen LogP) is 1.12. The molecule has 0 spiro atoms. The Morgan fingerprint density at radius 2 is 1.83 bits per heavy atom. The van der Waals surface area contributed by atoms with Crippen molar-refractivity contribution in [3.8, 4) is 0 Å². The summed E-state index contributed by atoms with van der Waals surface area (Å²) in [7, 11) is -1.04. The van der Waals surface area contributed by atoms with Crippen LogP contribution < -0.4 is 0 Å². The van der Waals surface area contributed by atoms with Gasteiger partial charge in [0.15, 0.2) is 0 Å². The first-order chi connectivity index (χ1) is 5.61. The highest BCUT2D eigenvalue weighted by Crippen LogP contribution is 2.06. The van der Waals surface area contributed by atoms with Crippen molar-refractivity contribution < 1.29 is 14.1 Å². The number of aromatic carboxylic acids is 1. The number of carboxylic acid groups (broad SMARTS) is 1. The zero-order valence-electron chi connectivity index (χ0n) is 6.48. The monoisotopic (exact) mass is 184 g/mol. The van der Waals surface area contributed by atoms with E-state index in [0.717, 1.165) is 0 Å². The lowest BCUT2D eigenvalue weighted by Crippen LogP contribution is -1.96. The second kappa shape index (κ2) is 3.49. The molecular formula is C8H8O3S. The third kappa shape index (κ3) is 1.92. The lowest BCUT2D eigenvalue weighted by Gasteiger charge is -1.96. The maximum atomic E-state index is 10.9. The van der Waals surface area contributed by atoms with Gasteiger partial charge in [0.25, 0.3) is 0 Å². The first-order valence-corrected chi connectivity index (χ1v) is 4.84. The highest BCUT2D eigenvalue weighted by atomic mass is 32.2. The number of carbonyl (C=O) groups is 1. The highest BCUT2D eigenvalue weighted by molar-refractivity contribution is 7.84. The molecule has 0 heterocycles. The molecule has 1 aromatic carbocycles. The van der Waals surface area contributed by atoms with Crippen molar-refractivity contribution in [2.45, 2.75) is 4.90 Å². The average Bonchev–Trinajstić information content (AvgIpc) is 2.04. The Labute approximate surface area is 72.5 Å². The third-order valence-corrected chi connectivity index (χ3v) is 2.37. The minimum absolute atomic E-state index is 0.212. The molecule has 1 N–H and O–H groups in total. The van der Waals surface area contributed by atoms with Crippen LogP contribution in [0.2, 0.25) is 0 Å². The fraction of sp³-hybridized carbons (Fsp3) is 0.125. The van der Waals surface area contributed by atoms with E-state index in [9.17, 15) is 9.00 Å². The molecule has 0 aliphatic rings. The second-order valence-electron chi connectivity index (χ2n) is 2.28. The van der Waals surface area contributed by atoms with E-state index in [-0.39, 0.29) is 5.56 Å². The molecule has 0 bridgehead atoms. The summed E-state index contributed by atoms with van der Waals surface area (Å²) in [6, 6.07) is 6.00. The summed E-state index contributed by atoms with van der Waals surface area (Å²) in [5.74, 6) is -0.969. The van der Waals surface area contributed by atoms with Crippen LogP contribution in [0.25, 0.3) is 0 Å². The summed E-state index contributed by atoms with van der Waals surface area (Å²) in [6.07, 6.45) is 1.55. The number of carboxylic acids is 1. The molecule has 4 heteroatoms. The van der Waals surface area contributed by atoms with Crippen molar-refractivity contribution in [3.63, 3.8) is 0 Å². The van der Waals surface area contributed by atoms with Gasteiger partial charge in [0.05, 0.1) is 5.56 Å². The van der Waals surface area contributed by atoms with E-state index in [4.69, 9.17) is 5.11 Å². The number of hydrogen-bond donors (Lipinski definition) is 1. The van der Waals surface area contributed by atoms with E-state index in [1.54, 1.807) is 18.4 Å². The molecule has 64 valence electrons. The first-order valence-electron chi connectivity index (χ1n) is 3.28. The van der Waals surface area contributed by atoms with Gasteiger partial charge in [0.2, 0.25) is 0 Å². The smallest absolute Gasteiger partial charge is 0.335 e. The molecule has 0 radical (unpaired) electrons. The summed E-state index contributed by atoms with van der Waals surface area (Å²) in [5, 5.41) is 8.54. The van der Waals surface area contributed by atoms with Crippen LogP contribution in [-0.4, -0.2) is 21.5 Å². The average molecular weight is 184 g/mol. The van der Waals surface area contributed by atoms with Crippen molar-refractivity contribution >= 4 is 16.8 Å². The quantitative estimate of drug-likeness (QED) is 0.749. The van der Waals surface area contributed by atoms with E-state index in [2.05, 4.69) is 0 Å². The van der Waals surface area contributed by atoms with Crippen LogP contribution in [0.3, 0.4) is 0 Å². The first kappa shape index (κ1) is 8.93. The number of benzene rings is 1. The Hall–Kier alpha value is -1.16. The minimum atomic E-state index is -1.04. The van der Waals surface area contributed by atoms with Crippen molar-refractivity contribution in [2.75, 3.05) is 6.26 Å². The molecule has 3 nitrogen and oxygen atoms in total. The lowest BCUT2D eigenvalue weighted by atomic mass is 10.2. The molecule has 0 fully saturated rings. The van der Waals surface area contributed by atoms with Crippen LogP contribution in [0.5, 0.6) is 0 Å². The van der Waals surface area contributed by atoms with Crippen molar-refractivity contribution in [2.24, 2.45) is 0 Å². The topological polar surface area (TPSA) is 54.4 Å². The molecule has 1 atom stereocenters. The van der Waals surface area contributed by atoms with Crippen LogP contribution in [0.1, 0.15) is 10.4 Å². The molecule has 12 heavy (non-hydrogen) atoms. The van der Waals surface area contributed by atoms with E-state index in [0.29, 0.717) is 4.90 Å². The molecule has 0 aromatic heterocycles. The minimum Gasteiger partial charge on any atom is -0.478 e. The van der Waals surface area contributed by atoms with Gasteiger partial charge < -0.3 is 5.11 Å². The van der Waals surface area contributed by atoms with Gasteiger partial charge >= 0.3 is 5.97 Å². The zero-order valence-corrected chi connectivity index (χ0v) is 7.30. The maximum Gasteiger partial charge on any atom is 0.335 e. The van der Waals surface area contributed by atoms with Gasteiger partial charge in [-0.15, -0.1) is 0 Å². The van der Waals surface area contributed by atoms with Crippen LogP contribution in [-0.2, 0) is 10.8 Å². The van der Waals surface area contributed by atoms with Crippen molar-refractivity contribution in [1.29, 1.82) is 0 Å². The molecule has 1 aromatic rings. The summed E-state index contributed by atoms with van der Waals surface area (Å²) in [6.45, 7) is 0. The summed E-state index contributed by atoms with van der Waals surface area (Å²) in [4.78, 5) is 11.0. The number of hydrogen-bond acceptors (Lipinski definition) is 2. The van der Waals surface area contributed by atoms with Gasteiger partial charge in [0.1, 0.15) is 0 Å². The maximum absolute atomic E-state index is 10.9. The molecular weight excluding hydrogens is 176 g/mol. The summed E-state index contributed by atoms with van der Waals surface area (Å²) in [5.41, 5.74) is 0.212. The molecule has 1 rings (SSSR count). The molecule has 0 unspecified atom stereocenters. The van der Waals surface area contributed by atoms with Gasteiger partial charge in [0, 0.05) is 22.0 Å². The van der Waals surface area contributed by atoms with E-state index >= 15 is 0 Å². The molecule has 0 aliphatic heterocycles. The normalized spacial score (nSPS) is 12.4. The van der Waals surface area contributed by atoms with Gasteiger partial charge in [-0.25, -0.2) is 4.79 Å². The van der Waals surface area contributed by atoms with Crippen molar-refractivity contribution in [3.05, 3.63) is 29.8 Å². The van der Waals surface area contributed by atoms with Crippen LogP contribution in [0.15, 0.2) is 29.2 Å². The van der Waals surface area contributed by atoms with Gasteiger partial charge in [-0.2, -0.15) is 0 Å². The molecule has 0 aliphatic carbocycles. The fourth-order valence-corrected chi connectivity index (χ4v) is 1.31. The SMILES string of the molecule is C[S@@](=O)c1ccc(C(=O)O)cc1. The van der Waals surface area contributed by atoms with Gasteiger partial charge in [-0.3, -0.25) is 4.21 Å². The van der Waals surface area contributed by atoms with Gasteiger partial charge in [-0.05, 0) is 24.3 Å². The van der Waals surface area contributed by atoms with Crippen LogP contribution in [0.4, 0.5) is 0 Å². The van der Waals surface area contributed by atoms with Crippen LogP contribution in [0, 0.1) is 0 Å². The molecule has 0 amide bonds. The standard InChI is InChI=1S/C8H8O3S/c1-12(11)7-4-2-6(3-5-7)8(9)10/h2-5H,1H3,(H,9,10)/t12-/m1/s1. The van der Waals surface area contributed by atoms with E-state index in [1.807, 2.05) is 0 Å². The molecule has 0 saturated heterocycles. The Morgan fingerprint density at radius 3 is 2.17 bits per heavy atom. The second-order valence-corrected chi connectivity index (χ2v) is 3.66. The highest BCUT2D eigenvalue weighted by Gasteiger charge is 2.02. The third-order valence-electron chi connectivity index (χ3n) is 1.43. The van der Waals surface area contributed by atoms with Gasteiger partial charge in [-0.1, -0.05) is 0 Å². The Bertz CT molecular complexity index is 283. The Morgan fingerprint density at radius 1 is 1.33 bits per heavy atom. The predicted molar refractivity (Wildman–Crippen MR) is 45.7 cm³/mol. The summed E-state index contributed by atoms with van der Waals surface area (Å²) >= 11 is 0. The Kier molecular flexibility index (Phi) is 2.60. The summed E-state index contributed by atoms with van der Waals surface area (Å²) < 4.78 is 10.9. The largest absolute Gasteiger partial charge is 0.478 e. The van der Waals surface area contributed by atoms with E-state index in [1.165, 1.54) is 12.1 Å². The fourth-order valence-electron chi connectivity index (χ4n) is 0.789.